The fourth-order valence-corrected chi connectivity index (χ4v) is 2.60. The Morgan fingerprint density at radius 3 is 3.05 bits per heavy atom. The van der Waals surface area contributed by atoms with Gasteiger partial charge in [0.25, 0.3) is 0 Å². The van der Waals surface area contributed by atoms with Crippen LogP contribution < -0.4 is 16.3 Å². The maximum atomic E-state index is 12.1. The van der Waals surface area contributed by atoms with Gasteiger partial charge in [-0.25, -0.2) is 9.48 Å². The molecule has 2 N–H and O–H groups in total. The number of hydrogen-bond acceptors (Lipinski definition) is 4. The molecule has 0 aromatic carbocycles. The van der Waals surface area contributed by atoms with Crippen LogP contribution in [0.4, 0.5) is 0 Å². The maximum Gasteiger partial charge on any atom is 0.350 e. The molecule has 1 fully saturated rings. The minimum atomic E-state index is -0.210. The third kappa shape index (κ3) is 3.66. The minimum Gasteiger partial charge on any atom is -0.352 e. The molecule has 3 heterocycles. The molecule has 1 unspecified atom stereocenters. The van der Waals surface area contributed by atoms with Crippen LogP contribution in [0.3, 0.4) is 0 Å². The SMILES string of the molecule is Cl.O=C(CCn1nc2ccccn2c1=O)NC1CCCNC1. The number of nitrogens with zero attached hydrogens (tertiary/aromatic N) is 3. The zero-order chi connectivity index (χ0) is 14.7. The van der Waals surface area contributed by atoms with Crippen molar-refractivity contribution < 1.29 is 4.79 Å². The summed E-state index contributed by atoms with van der Waals surface area (Å²) < 4.78 is 2.82. The van der Waals surface area contributed by atoms with Crippen molar-refractivity contribution in [2.24, 2.45) is 0 Å². The molecule has 2 aromatic rings. The van der Waals surface area contributed by atoms with Crippen molar-refractivity contribution in [1.29, 1.82) is 0 Å². The van der Waals surface area contributed by atoms with Gasteiger partial charge in [-0.2, -0.15) is 0 Å². The highest BCUT2D eigenvalue weighted by molar-refractivity contribution is 5.85. The molecule has 1 amide bonds. The summed E-state index contributed by atoms with van der Waals surface area (Å²) in [6, 6.07) is 5.58. The number of rotatable bonds is 4. The lowest BCUT2D eigenvalue weighted by molar-refractivity contribution is -0.122. The van der Waals surface area contributed by atoms with Gasteiger partial charge in [0.2, 0.25) is 5.91 Å². The molecule has 1 atom stereocenters. The number of hydrogen-bond donors (Lipinski definition) is 2. The lowest BCUT2D eigenvalue weighted by atomic mass is 10.1. The second-order valence-corrected chi connectivity index (χ2v) is 5.30. The Labute approximate surface area is 134 Å². The molecule has 3 rings (SSSR count). The van der Waals surface area contributed by atoms with Gasteiger partial charge >= 0.3 is 5.69 Å². The van der Waals surface area contributed by atoms with Crippen molar-refractivity contribution in [2.75, 3.05) is 13.1 Å². The summed E-state index contributed by atoms with van der Waals surface area (Å²) in [6.45, 7) is 2.13. The summed E-state index contributed by atoms with van der Waals surface area (Å²) in [7, 11) is 0. The molecule has 0 aliphatic carbocycles. The topological polar surface area (TPSA) is 80.4 Å². The summed E-state index contributed by atoms with van der Waals surface area (Å²) in [6.07, 6.45) is 4.03. The highest BCUT2D eigenvalue weighted by Crippen LogP contribution is 2.02. The lowest BCUT2D eigenvalue weighted by Crippen LogP contribution is -2.45. The third-order valence-electron chi connectivity index (χ3n) is 3.70. The number of carbonyl (C=O) groups excluding carboxylic acids is 1. The smallest absolute Gasteiger partial charge is 0.350 e. The Balaban J connectivity index is 0.00000176. The maximum absolute atomic E-state index is 12.1. The van der Waals surface area contributed by atoms with E-state index in [0.29, 0.717) is 12.2 Å². The van der Waals surface area contributed by atoms with Crippen molar-refractivity contribution in [1.82, 2.24) is 24.8 Å². The van der Waals surface area contributed by atoms with Crippen LogP contribution in [0.2, 0.25) is 0 Å². The van der Waals surface area contributed by atoms with E-state index in [-0.39, 0.29) is 36.5 Å². The van der Waals surface area contributed by atoms with Crippen LogP contribution in [-0.2, 0) is 11.3 Å². The van der Waals surface area contributed by atoms with E-state index in [1.807, 2.05) is 6.07 Å². The third-order valence-corrected chi connectivity index (χ3v) is 3.70. The molecular weight excluding hydrogens is 306 g/mol. The first-order valence-electron chi connectivity index (χ1n) is 7.28. The van der Waals surface area contributed by atoms with Gasteiger partial charge in [0, 0.05) is 25.2 Å². The normalized spacial score (nSPS) is 17.9. The van der Waals surface area contributed by atoms with E-state index >= 15 is 0 Å². The molecule has 0 bridgehead atoms. The molecule has 0 radical (unpaired) electrons. The summed E-state index contributed by atoms with van der Waals surface area (Å²) in [5, 5.41) is 10.5. The van der Waals surface area contributed by atoms with Gasteiger partial charge in [-0.1, -0.05) is 6.07 Å². The van der Waals surface area contributed by atoms with Gasteiger partial charge in [0.1, 0.15) is 0 Å². The van der Waals surface area contributed by atoms with E-state index in [9.17, 15) is 9.59 Å². The van der Waals surface area contributed by atoms with E-state index in [4.69, 9.17) is 0 Å². The van der Waals surface area contributed by atoms with Crippen LogP contribution in [-0.4, -0.2) is 39.2 Å². The number of amides is 1. The fraction of sp³-hybridized carbons (Fsp3) is 0.500. The van der Waals surface area contributed by atoms with Gasteiger partial charge in [-0.15, -0.1) is 17.5 Å². The molecule has 1 aliphatic rings. The van der Waals surface area contributed by atoms with Gasteiger partial charge < -0.3 is 10.6 Å². The number of nitrogens with one attached hydrogen (secondary N) is 2. The average molecular weight is 326 g/mol. The average Bonchev–Trinajstić information content (AvgIpc) is 2.83. The monoisotopic (exact) mass is 325 g/mol. The molecule has 8 heteroatoms. The summed E-state index contributed by atoms with van der Waals surface area (Å²) in [5.41, 5.74) is 0.386. The van der Waals surface area contributed by atoms with Crippen molar-refractivity contribution in [2.45, 2.75) is 31.8 Å². The van der Waals surface area contributed by atoms with Crippen molar-refractivity contribution in [3.63, 3.8) is 0 Å². The highest BCUT2D eigenvalue weighted by Gasteiger charge is 2.15. The highest BCUT2D eigenvalue weighted by atomic mass is 35.5. The molecule has 1 saturated heterocycles. The fourth-order valence-electron chi connectivity index (χ4n) is 2.60. The van der Waals surface area contributed by atoms with E-state index in [1.54, 1.807) is 18.3 Å². The number of fused-ring (bicyclic) bond motifs is 1. The molecule has 0 spiro atoms. The predicted octanol–water partition coefficient (Wildman–Crippen LogP) is 0.176. The van der Waals surface area contributed by atoms with E-state index in [2.05, 4.69) is 15.7 Å². The lowest BCUT2D eigenvalue weighted by Gasteiger charge is -2.23. The molecule has 22 heavy (non-hydrogen) atoms. The van der Waals surface area contributed by atoms with E-state index in [1.165, 1.54) is 9.08 Å². The van der Waals surface area contributed by atoms with Crippen LogP contribution in [0.1, 0.15) is 19.3 Å². The number of aromatic nitrogens is 3. The molecule has 1 aliphatic heterocycles. The van der Waals surface area contributed by atoms with Crippen LogP contribution in [0, 0.1) is 0 Å². The number of halogens is 1. The van der Waals surface area contributed by atoms with Gasteiger partial charge in [0.05, 0.1) is 6.54 Å². The van der Waals surface area contributed by atoms with Crippen LogP contribution in [0.25, 0.3) is 5.65 Å². The Morgan fingerprint density at radius 1 is 1.45 bits per heavy atom. The first kappa shape index (κ1) is 16.5. The zero-order valence-electron chi connectivity index (χ0n) is 12.2. The molecule has 7 nitrogen and oxygen atoms in total. The zero-order valence-corrected chi connectivity index (χ0v) is 13.0. The van der Waals surface area contributed by atoms with Crippen LogP contribution >= 0.6 is 12.4 Å². The number of carbonyl (C=O) groups is 1. The first-order valence-corrected chi connectivity index (χ1v) is 7.28. The Hall–Kier alpha value is -1.86. The summed E-state index contributed by atoms with van der Waals surface area (Å²) in [4.78, 5) is 24.0. The second-order valence-electron chi connectivity index (χ2n) is 5.30. The molecule has 2 aromatic heterocycles. The molecular formula is C14H20ClN5O2. The standard InChI is InChI=1S/C14H19N5O2.ClH/c20-13(16-11-4-3-7-15-10-11)6-9-19-14(21)18-8-2-1-5-12(18)17-19;/h1-2,5,8,11,15H,3-4,6-7,9-10H2,(H,16,20);1H. The van der Waals surface area contributed by atoms with Crippen molar-refractivity contribution in [3.05, 3.63) is 34.9 Å². The van der Waals surface area contributed by atoms with Gasteiger partial charge in [-0.3, -0.25) is 9.20 Å². The van der Waals surface area contributed by atoms with Crippen molar-refractivity contribution >= 4 is 24.0 Å². The second kappa shape index (κ2) is 7.42. The number of piperidine rings is 1. The van der Waals surface area contributed by atoms with Crippen molar-refractivity contribution in [3.8, 4) is 0 Å². The summed E-state index contributed by atoms with van der Waals surface area (Å²) in [5.74, 6) is -0.0346. The Morgan fingerprint density at radius 2 is 2.32 bits per heavy atom. The Bertz CT molecular complexity index is 690. The van der Waals surface area contributed by atoms with E-state index < -0.39 is 0 Å². The predicted molar refractivity (Wildman–Crippen MR) is 85.4 cm³/mol. The van der Waals surface area contributed by atoms with Gasteiger partial charge in [-0.05, 0) is 31.5 Å². The number of pyridine rings is 1. The largest absolute Gasteiger partial charge is 0.352 e. The minimum absolute atomic E-state index is 0. The van der Waals surface area contributed by atoms with Crippen LogP contribution in [0.5, 0.6) is 0 Å². The quantitative estimate of drug-likeness (QED) is 0.840. The Kier molecular flexibility index (Phi) is 5.57. The molecule has 0 saturated carbocycles. The first-order chi connectivity index (χ1) is 10.2. The van der Waals surface area contributed by atoms with E-state index in [0.717, 1.165) is 25.9 Å². The summed E-state index contributed by atoms with van der Waals surface area (Å²) >= 11 is 0. The van der Waals surface area contributed by atoms with Crippen LogP contribution in [0.15, 0.2) is 29.2 Å². The van der Waals surface area contributed by atoms with Gasteiger partial charge in [0.15, 0.2) is 5.65 Å². The molecule has 120 valence electrons. The number of aryl methyl sites for hydroxylation is 1.